The first-order valence-electron chi connectivity index (χ1n) is 11.2. The standard InChI is InChI=1S/C24H29N5O5/c1-4-34-23(31)20-21(17-9-8-16(32-2)15-18(17)33-3)26-24(27-22(20)30)29-13-11-28(12-14-29)19-7-5-6-10-25-19/h5-10,15,20-21H,4,11-14H2,1-3H3,(H,26,27,30)/t20-,21+/m0/s1. The van der Waals surface area contributed by atoms with E-state index < -0.39 is 23.8 Å². The number of hydrogen-bond acceptors (Lipinski definition) is 9. The van der Waals surface area contributed by atoms with Gasteiger partial charge in [0.25, 0.3) is 0 Å². The zero-order valence-corrected chi connectivity index (χ0v) is 19.6. The van der Waals surface area contributed by atoms with Crippen LogP contribution in [0.2, 0.25) is 0 Å². The number of rotatable bonds is 6. The first kappa shape index (κ1) is 23.3. The Hall–Kier alpha value is -3.82. The lowest BCUT2D eigenvalue weighted by atomic mass is 9.90. The first-order chi connectivity index (χ1) is 16.5. The third-order valence-corrected chi connectivity index (χ3v) is 5.95. The Bertz CT molecular complexity index is 1050. The molecule has 2 atom stereocenters. The highest BCUT2D eigenvalue weighted by Gasteiger charge is 2.43. The van der Waals surface area contributed by atoms with Crippen molar-refractivity contribution in [3.8, 4) is 11.5 Å². The summed E-state index contributed by atoms with van der Waals surface area (Å²) in [5.41, 5.74) is 0.612. The van der Waals surface area contributed by atoms with Crippen LogP contribution in [-0.4, -0.2) is 74.7 Å². The monoisotopic (exact) mass is 467 g/mol. The summed E-state index contributed by atoms with van der Waals surface area (Å²) in [6.07, 6.45) is 1.77. The highest BCUT2D eigenvalue weighted by atomic mass is 16.5. The summed E-state index contributed by atoms with van der Waals surface area (Å²) in [4.78, 5) is 39.3. The van der Waals surface area contributed by atoms with E-state index in [0.717, 1.165) is 18.9 Å². The van der Waals surface area contributed by atoms with E-state index in [1.807, 2.05) is 23.1 Å². The maximum Gasteiger partial charge on any atom is 0.321 e. The van der Waals surface area contributed by atoms with Gasteiger partial charge in [0.15, 0.2) is 5.92 Å². The van der Waals surface area contributed by atoms with E-state index in [4.69, 9.17) is 19.2 Å². The fraction of sp³-hybridized carbons (Fsp3) is 0.417. The maximum atomic E-state index is 13.2. The Morgan fingerprint density at radius 1 is 1.09 bits per heavy atom. The minimum absolute atomic E-state index is 0.168. The number of anilines is 1. The van der Waals surface area contributed by atoms with E-state index in [1.165, 1.54) is 7.11 Å². The van der Waals surface area contributed by atoms with Crippen molar-refractivity contribution in [3.63, 3.8) is 0 Å². The van der Waals surface area contributed by atoms with Crippen LogP contribution in [0.3, 0.4) is 0 Å². The van der Waals surface area contributed by atoms with E-state index in [1.54, 1.807) is 38.4 Å². The van der Waals surface area contributed by atoms with Crippen LogP contribution in [0.4, 0.5) is 5.82 Å². The number of nitrogens with one attached hydrogen (secondary N) is 1. The predicted octanol–water partition coefficient (Wildman–Crippen LogP) is 1.63. The molecule has 2 aliphatic heterocycles. The van der Waals surface area contributed by atoms with Crippen molar-refractivity contribution in [3.05, 3.63) is 48.2 Å². The number of aliphatic imine (C=N–C) groups is 1. The summed E-state index contributed by atoms with van der Waals surface area (Å²) in [5.74, 6) is 0.249. The molecular formula is C24H29N5O5. The zero-order valence-electron chi connectivity index (χ0n) is 19.6. The molecule has 10 heteroatoms. The van der Waals surface area contributed by atoms with Crippen LogP contribution in [0.5, 0.6) is 11.5 Å². The molecule has 1 fully saturated rings. The molecule has 1 aromatic heterocycles. The maximum absolute atomic E-state index is 13.2. The summed E-state index contributed by atoms with van der Waals surface area (Å²) in [5, 5.41) is 2.83. The molecule has 2 aromatic rings. The van der Waals surface area contributed by atoms with Crippen LogP contribution in [0.15, 0.2) is 47.6 Å². The van der Waals surface area contributed by atoms with Crippen molar-refractivity contribution in [2.24, 2.45) is 10.9 Å². The lowest BCUT2D eigenvalue weighted by Crippen LogP contribution is -2.57. The second kappa shape index (κ2) is 10.4. The van der Waals surface area contributed by atoms with Gasteiger partial charge >= 0.3 is 5.97 Å². The molecule has 4 rings (SSSR count). The second-order valence-electron chi connectivity index (χ2n) is 7.89. The van der Waals surface area contributed by atoms with Gasteiger partial charge in [0.2, 0.25) is 11.9 Å². The first-order valence-corrected chi connectivity index (χ1v) is 11.2. The van der Waals surface area contributed by atoms with Crippen molar-refractivity contribution in [1.29, 1.82) is 0 Å². The van der Waals surface area contributed by atoms with Crippen molar-refractivity contribution < 1.29 is 23.8 Å². The SMILES string of the molecule is CCOC(=O)[C@@H]1C(=O)NC(N2CCN(c3ccccn3)CC2)=N[C@@H]1c1ccc(OC)cc1OC. The number of benzene rings is 1. The van der Waals surface area contributed by atoms with E-state index in [0.29, 0.717) is 36.1 Å². The normalized spacial score (nSPS) is 20.3. The van der Waals surface area contributed by atoms with Crippen molar-refractivity contribution >= 4 is 23.7 Å². The zero-order chi connectivity index (χ0) is 24.1. The number of piperazine rings is 1. The molecule has 1 N–H and O–H groups in total. The summed E-state index contributed by atoms with van der Waals surface area (Å²) < 4.78 is 16.0. The highest BCUT2D eigenvalue weighted by Crippen LogP contribution is 2.38. The number of methoxy groups -OCH3 is 2. The van der Waals surface area contributed by atoms with E-state index in [-0.39, 0.29) is 6.61 Å². The Balaban J connectivity index is 1.63. The van der Waals surface area contributed by atoms with Crippen LogP contribution in [-0.2, 0) is 14.3 Å². The Labute approximate surface area is 198 Å². The van der Waals surface area contributed by atoms with Gasteiger partial charge in [-0.25, -0.2) is 9.98 Å². The number of nitrogens with zero attached hydrogens (tertiary/aromatic N) is 4. The fourth-order valence-corrected chi connectivity index (χ4v) is 4.20. The van der Waals surface area contributed by atoms with Crippen molar-refractivity contribution in [2.45, 2.75) is 13.0 Å². The molecule has 10 nitrogen and oxygen atoms in total. The second-order valence-corrected chi connectivity index (χ2v) is 7.89. The average molecular weight is 468 g/mol. The van der Waals surface area contributed by atoms with Crippen molar-refractivity contribution in [1.82, 2.24) is 15.2 Å². The third kappa shape index (κ3) is 4.75. The van der Waals surface area contributed by atoms with Gasteiger partial charge in [0, 0.05) is 44.0 Å². The molecular weight excluding hydrogens is 438 g/mol. The largest absolute Gasteiger partial charge is 0.497 e. The molecule has 0 spiro atoms. The minimum Gasteiger partial charge on any atom is -0.497 e. The number of aromatic nitrogens is 1. The molecule has 2 aliphatic rings. The van der Waals surface area contributed by atoms with Gasteiger partial charge in [0.1, 0.15) is 23.4 Å². The summed E-state index contributed by atoms with van der Waals surface area (Å²) >= 11 is 0. The fourth-order valence-electron chi connectivity index (χ4n) is 4.20. The number of guanidine groups is 1. The van der Waals surface area contributed by atoms with Crippen LogP contribution in [0.1, 0.15) is 18.5 Å². The number of carbonyl (C=O) groups is 2. The Kier molecular flexibility index (Phi) is 7.15. The van der Waals surface area contributed by atoms with E-state index in [9.17, 15) is 9.59 Å². The Morgan fingerprint density at radius 2 is 1.85 bits per heavy atom. The minimum atomic E-state index is -1.12. The number of amides is 1. The highest BCUT2D eigenvalue weighted by molar-refractivity contribution is 6.08. The lowest BCUT2D eigenvalue weighted by molar-refractivity contribution is -0.153. The average Bonchev–Trinajstić information content (AvgIpc) is 2.88. The van der Waals surface area contributed by atoms with Gasteiger partial charge in [-0.1, -0.05) is 6.07 Å². The third-order valence-electron chi connectivity index (χ3n) is 5.95. The van der Waals surface area contributed by atoms with Crippen LogP contribution in [0.25, 0.3) is 0 Å². The molecule has 0 unspecified atom stereocenters. The van der Waals surface area contributed by atoms with Gasteiger partial charge in [-0.15, -0.1) is 0 Å². The smallest absolute Gasteiger partial charge is 0.321 e. The molecule has 180 valence electrons. The van der Waals surface area contributed by atoms with Crippen LogP contribution < -0.4 is 19.7 Å². The number of ether oxygens (including phenoxy) is 3. The predicted molar refractivity (Wildman–Crippen MR) is 126 cm³/mol. The number of carbonyl (C=O) groups excluding carboxylic acids is 2. The molecule has 1 saturated heterocycles. The lowest BCUT2D eigenvalue weighted by Gasteiger charge is -2.39. The summed E-state index contributed by atoms with van der Waals surface area (Å²) in [7, 11) is 3.09. The van der Waals surface area contributed by atoms with E-state index >= 15 is 0 Å². The Morgan fingerprint density at radius 3 is 2.50 bits per heavy atom. The van der Waals surface area contributed by atoms with Crippen LogP contribution in [0, 0.1) is 5.92 Å². The quantitative estimate of drug-likeness (QED) is 0.505. The topological polar surface area (TPSA) is 106 Å². The van der Waals surface area contributed by atoms with Gasteiger partial charge < -0.3 is 24.0 Å². The van der Waals surface area contributed by atoms with Gasteiger partial charge in [-0.3, -0.25) is 14.9 Å². The number of pyridine rings is 1. The summed E-state index contributed by atoms with van der Waals surface area (Å²) in [6, 6.07) is 10.3. The molecule has 0 aliphatic carbocycles. The molecule has 1 amide bonds. The molecule has 0 saturated carbocycles. The van der Waals surface area contributed by atoms with Crippen LogP contribution >= 0.6 is 0 Å². The molecule has 34 heavy (non-hydrogen) atoms. The number of hydrogen-bond donors (Lipinski definition) is 1. The molecule has 0 bridgehead atoms. The van der Waals surface area contributed by atoms with Gasteiger partial charge in [0.05, 0.1) is 20.8 Å². The van der Waals surface area contributed by atoms with Gasteiger partial charge in [-0.05, 0) is 31.2 Å². The van der Waals surface area contributed by atoms with E-state index in [2.05, 4.69) is 15.2 Å². The molecule has 0 radical (unpaired) electrons. The van der Waals surface area contributed by atoms with Gasteiger partial charge in [-0.2, -0.15) is 0 Å². The number of esters is 1. The molecule has 3 heterocycles. The molecule has 1 aromatic carbocycles. The summed E-state index contributed by atoms with van der Waals surface area (Å²) in [6.45, 7) is 4.62. The van der Waals surface area contributed by atoms with Crippen molar-refractivity contribution in [2.75, 3.05) is 51.9 Å².